The van der Waals surface area contributed by atoms with Gasteiger partial charge in [0.15, 0.2) is 0 Å². The molecule has 0 heterocycles. The minimum Gasteiger partial charge on any atom is -0.399 e. The van der Waals surface area contributed by atoms with Gasteiger partial charge in [-0.3, -0.25) is 0 Å². The summed E-state index contributed by atoms with van der Waals surface area (Å²) in [6.45, 7) is 4.32. The molecule has 0 saturated carbocycles. The van der Waals surface area contributed by atoms with E-state index < -0.39 is 0 Å². The van der Waals surface area contributed by atoms with Gasteiger partial charge in [0.05, 0.1) is 11.2 Å². The molecule has 4 N–H and O–H groups in total. The molecule has 25 heavy (non-hydrogen) atoms. The maximum absolute atomic E-state index is 6.17. The van der Waals surface area contributed by atoms with Crippen molar-refractivity contribution in [2.75, 3.05) is 25.7 Å². The summed E-state index contributed by atoms with van der Waals surface area (Å²) in [6, 6.07) is 12.3. The van der Waals surface area contributed by atoms with E-state index in [1.807, 2.05) is 12.1 Å². The smallest absolute Gasteiger partial charge is 0.0914 e. The zero-order valence-corrected chi connectivity index (χ0v) is 15.3. The van der Waals surface area contributed by atoms with Crippen molar-refractivity contribution in [3.05, 3.63) is 58.7 Å². The fraction of sp³-hybridized carbons (Fsp3) is 0.429. The van der Waals surface area contributed by atoms with Crippen molar-refractivity contribution >= 4 is 11.4 Å². The van der Waals surface area contributed by atoms with E-state index in [2.05, 4.69) is 38.1 Å². The molecule has 2 aromatic carbocycles. The van der Waals surface area contributed by atoms with E-state index in [1.54, 1.807) is 14.2 Å². The summed E-state index contributed by atoms with van der Waals surface area (Å²) in [4.78, 5) is 0. The largest absolute Gasteiger partial charge is 0.399 e. The number of fused-ring (bicyclic) bond motifs is 4. The zero-order chi connectivity index (χ0) is 18.0. The van der Waals surface area contributed by atoms with Crippen LogP contribution in [0.25, 0.3) is 0 Å². The molecule has 2 aliphatic rings. The number of methoxy groups -OCH3 is 2. The van der Waals surface area contributed by atoms with Crippen LogP contribution in [0.5, 0.6) is 0 Å². The summed E-state index contributed by atoms with van der Waals surface area (Å²) >= 11 is 0. The van der Waals surface area contributed by atoms with Crippen LogP contribution in [0.4, 0.5) is 11.4 Å². The lowest BCUT2D eigenvalue weighted by Gasteiger charge is -2.32. The fourth-order valence-corrected chi connectivity index (χ4v) is 5.13. The number of nitrogen functional groups attached to an aromatic ring is 2. The maximum atomic E-state index is 6.17. The zero-order valence-electron chi connectivity index (χ0n) is 15.3. The van der Waals surface area contributed by atoms with Crippen molar-refractivity contribution in [2.45, 2.75) is 43.3 Å². The summed E-state index contributed by atoms with van der Waals surface area (Å²) in [5.74, 6) is 0. The Hall–Kier alpha value is -2.04. The normalized spacial score (nSPS) is 32.8. The molecule has 2 unspecified atom stereocenters. The first-order valence-electron chi connectivity index (χ1n) is 8.69. The van der Waals surface area contributed by atoms with Crippen molar-refractivity contribution in [2.24, 2.45) is 0 Å². The second-order valence-electron chi connectivity index (χ2n) is 7.92. The van der Waals surface area contributed by atoms with Crippen molar-refractivity contribution in [1.29, 1.82) is 0 Å². The highest BCUT2D eigenvalue weighted by Crippen LogP contribution is 2.63. The van der Waals surface area contributed by atoms with E-state index in [-0.39, 0.29) is 16.6 Å². The fourth-order valence-electron chi connectivity index (χ4n) is 5.13. The first-order chi connectivity index (χ1) is 11.8. The van der Waals surface area contributed by atoms with Gasteiger partial charge in [-0.15, -0.1) is 0 Å². The highest BCUT2D eigenvalue weighted by atomic mass is 16.5. The summed E-state index contributed by atoms with van der Waals surface area (Å²) in [6.07, 6.45) is 1.70. The molecular formula is C21H26N2O2. The highest BCUT2D eigenvalue weighted by Gasteiger charge is 2.59. The molecule has 0 radical (unpaired) electrons. The van der Waals surface area contributed by atoms with Crippen LogP contribution in [-0.2, 0) is 26.1 Å². The number of hydrogen-bond acceptors (Lipinski definition) is 4. The number of benzene rings is 2. The van der Waals surface area contributed by atoms with Gasteiger partial charge in [-0.2, -0.15) is 0 Å². The third kappa shape index (κ3) is 2.01. The Morgan fingerprint density at radius 1 is 0.720 bits per heavy atom. The quantitative estimate of drug-likeness (QED) is 0.820. The molecule has 0 saturated heterocycles. The minimum absolute atomic E-state index is 0.203. The summed E-state index contributed by atoms with van der Waals surface area (Å²) in [7, 11) is 3.56. The van der Waals surface area contributed by atoms with Crippen LogP contribution in [0, 0.1) is 0 Å². The molecule has 0 fully saturated rings. The molecule has 4 heteroatoms. The van der Waals surface area contributed by atoms with Crippen molar-refractivity contribution < 1.29 is 9.47 Å². The van der Waals surface area contributed by atoms with Crippen LogP contribution in [-0.4, -0.2) is 14.2 Å². The Kier molecular flexibility index (Phi) is 3.28. The molecule has 4 rings (SSSR count). The second kappa shape index (κ2) is 4.99. The van der Waals surface area contributed by atoms with E-state index >= 15 is 0 Å². The van der Waals surface area contributed by atoms with Crippen LogP contribution in [0.2, 0.25) is 0 Å². The monoisotopic (exact) mass is 338 g/mol. The van der Waals surface area contributed by atoms with Crippen LogP contribution < -0.4 is 11.5 Å². The van der Waals surface area contributed by atoms with Gasteiger partial charge in [-0.1, -0.05) is 12.1 Å². The first kappa shape index (κ1) is 16.4. The van der Waals surface area contributed by atoms with Gasteiger partial charge >= 0.3 is 0 Å². The molecule has 0 amide bonds. The molecule has 0 aromatic heterocycles. The van der Waals surface area contributed by atoms with E-state index in [9.17, 15) is 0 Å². The lowest BCUT2D eigenvalue weighted by Crippen LogP contribution is -2.30. The van der Waals surface area contributed by atoms with Crippen LogP contribution in [0.15, 0.2) is 36.4 Å². The molecule has 0 aliphatic heterocycles. The predicted molar refractivity (Wildman–Crippen MR) is 100 cm³/mol. The second-order valence-corrected chi connectivity index (χ2v) is 7.92. The number of anilines is 2. The Morgan fingerprint density at radius 3 is 1.48 bits per heavy atom. The summed E-state index contributed by atoms with van der Waals surface area (Å²) < 4.78 is 12.0. The Morgan fingerprint density at radius 2 is 1.12 bits per heavy atom. The van der Waals surface area contributed by atoms with Gasteiger partial charge in [-0.05, 0) is 73.2 Å². The van der Waals surface area contributed by atoms with Crippen LogP contribution >= 0.6 is 0 Å². The summed E-state index contributed by atoms with van der Waals surface area (Å²) in [5, 5.41) is 0. The Balaban J connectivity index is 2.05. The van der Waals surface area contributed by atoms with Gasteiger partial charge in [0.1, 0.15) is 0 Å². The van der Waals surface area contributed by atoms with Gasteiger partial charge < -0.3 is 20.9 Å². The molecule has 132 valence electrons. The van der Waals surface area contributed by atoms with E-state index in [1.165, 1.54) is 22.3 Å². The van der Waals surface area contributed by atoms with Gasteiger partial charge in [0.25, 0.3) is 0 Å². The number of ether oxygens (including phenoxy) is 2. The first-order valence-corrected chi connectivity index (χ1v) is 8.69. The van der Waals surface area contributed by atoms with Crippen molar-refractivity contribution in [3.8, 4) is 0 Å². The molecule has 1 spiro atoms. The van der Waals surface area contributed by atoms with E-state index in [0.717, 1.165) is 24.2 Å². The predicted octanol–water partition coefficient (Wildman–Crippen LogP) is 3.67. The molecular weight excluding hydrogens is 312 g/mol. The molecule has 2 atom stereocenters. The molecule has 0 bridgehead atoms. The lowest BCUT2D eigenvalue weighted by atomic mass is 9.75. The van der Waals surface area contributed by atoms with Gasteiger partial charge in [0, 0.05) is 31.0 Å². The molecule has 2 aromatic rings. The minimum atomic E-state index is -0.357. The van der Waals surface area contributed by atoms with E-state index in [0.29, 0.717) is 0 Å². The molecule has 4 nitrogen and oxygen atoms in total. The Bertz CT molecular complexity index is 791. The number of rotatable bonds is 2. The maximum Gasteiger partial charge on any atom is 0.0914 e. The average Bonchev–Trinajstić information content (AvgIpc) is 2.98. The Labute approximate surface area is 149 Å². The van der Waals surface area contributed by atoms with Crippen LogP contribution in [0.3, 0.4) is 0 Å². The standard InChI is InChI=1S/C21H26N2O2/c1-19(24-3)11-21(17-9-13(22)5-7-15(17)19)12-20(2,25-4)16-8-6-14(23)10-18(16)21/h5-10H,11-12,22-23H2,1-4H3. The number of nitrogens with two attached hydrogens (primary N) is 2. The van der Waals surface area contributed by atoms with Crippen LogP contribution in [0.1, 0.15) is 48.9 Å². The molecule has 2 aliphatic carbocycles. The lowest BCUT2D eigenvalue weighted by molar-refractivity contribution is -0.0277. The van der Waals surface area contributed by atoms with Gasteiger partial charge in [0.2, 0.25) is 0 Å². The van der Waals surface area contributed by atoms with Crippen molar-refractivity contribution in [1.82, 2.24) is 0 Å². The third-order valence-electron chi connectivity index (χ3n) is 6.44. The summed E-state index contributed by atoms with van der Waals surface area (Å²) in [5.41, 5.74) is 17.9. The van der Waals surface area contributed by atoms with Crippen molar-refractivity contribution in [3.63, 3.8) is 0 Å². The van der Waals surface area contributed by atoms with Gasteiger partial charge in [-0.25, -0.2) is 0 Å². The SMILES string of the molecule is COC1(C)CC2(CC(C)(OC)c3ccc(N)cc32)c2cc(N)ccc21. The number of hydrogen-bond donors (Lipinski definition) is 2. The topological polar surface area (TPSA) is 70.5 Å². The third-order valence-corrected chi connectivity index (χ3v) is 6.44. The van der Waals surface area contributed by atoms with E-state index in [4.69, 9.17) is 20.9 Å². The average molecular weight is 338 g/mol. The highest BCUT2D eigenvalue weighted by molar-refractivity contribution is 5.64.